The highest BCUT2D eigenvalue weighted by Crippen LogP contribution is 2.14. The van der Waals surface area contributed by atoms with Crippen molar-refractivity contribution in [3.63, 3.8) is 0 Å². The number of aromatic nitrogens is 2. The van der Waals surface area contributed by atoms with Gasteiger partial charge in [-0.05, 0) is 36.4 Å². The van der Waals surface area contributed by atoms with E-state index >= 15 is 0 Å². The molecule has 2 heterocycles. The Morgan fingerprint density at radius 2 is 1.86 bits per heavy atom. The second-order valence-corrected chi connectivity index (χ2v) is 4.67. The molecule has 0 aliphatic heterocycles. The van der Waals surface area contributed by atoms with Gasteiger partial charge in [0.2, 0.25) is 0 Å². The molecule has 114 valence electrons. The van der Waals surface area contributed by atoms with Crippen molar-refractivity contribution in [1.29, 1.82) is 0 Å². The van der Waals surface area contributed by atoms with Gasteiger partial charge in [0.25, 0.3) is 0 Å². The predicted molar refractivity (Wildman–Crippen MR) is 86.3 cm³/mol. The third kappa shape index (κ3) is 3.29. The summed E-state index contributed by atoms with van der Waals surface area (Å²) in [4.78, 5) is 4.12. The van der Waals surface area contributed by atoms with Gasteiger partial charge in [-0.15, -0.1) is 0 Å². The van der Waals surface area contributed by atoms with Gasteiger partial charge < -0.3 is 20.1 Å². The molecular formula is C16H18N4O2. The smallest absolute Gasteiger partial charge is 0.119 e. The summed E-state index contributed by atoms with van der Waals surface area (Å²) in [6.45, 7) is 0.819. The van der Waals surface area contributed by atoms with Gasteiger partial charge in [0, 0.05) is 5.69 Å². The maximum Gasteiger partial charge on any atom is 0.119 e. The molecule has 3 aromatic rings. The van der Waals surface area contributed by atoms with E-state index in [1.165, 1.54) is 0 Å². The lowest BCUT2D eigenvalue weighted by molar-refractivity contribution is 0.171. The van der Waals surface area contributed by atoms with E-state index in [0.29, 0.717) is 13.5 Å². The van der Waals surface area contributed by atoms with E-state index < -0.39 is 0 Å². The van der Waals surface area contributed by atoms with Crippen LogP contribution >= 0.6 is 0 Å². The number of methoxy groups -OCH3 is 1. The van der Waals surface area contributed by atoms with Gasteiger partial charge in [0.05, 0.1) is 18.8 Å². The van der Waals surface area contributed by atoms with Gasteiger partial charge >= 0.3 is 0 Å². The van der Waals surface area contributed by atoms with Crippen molar-refractivity contribution >= 4 is 17.0 Å². The summed E-state index contributed by atoms with van der Waals surface area (Å²) in [5, 5.41) is 6.40. The van der Waals surface area contributed by atoms with Crippen molar-refractivity contribution < 1.29 is 9.47 Å². The fraction of sp³-hybridized carbons (Fsp3) is 0.188. The molecular weight excluding hydrogens is 280 g/mol. The van der Waals surface area contributed by atoms with Crippen LogP contribution in [0, 0.1) is 0 Å². The molecule has 0 saturated heterocycles. The van der Waals surface area contributed by atoms with Gasteiger partial charge in [-0.25, -0.2) is 4.98 Å². The molecule has 0 unspecified atom stereocenters. The van der Waals surface area contributed by atoms with E-state index in [4.69, 9.17) is 9.47 Å². The number of nitrogens with one attached hydrogen (secondary N) is 2. The van der Waals surface area contributed by atoms with Crippen LogP contribution in [0.3, 0.4) is 0 Å². The van der Waals surface area contributed by atoms with Crippen LogP contribution in [-0.2, 0) is 4.74 Å². The number of pyridine rings is 1. The Morgan fingerprint density at radius 3 is 2.68 bits per heavy atom. The highest BCUT2D eigenvalue weighted by molar-refractivity contribution is 5.53. The van der Waals surface area contributed by atoms with Crippen molar-refractivity contribution in [2.45, 2.75) is 0 Å². The zero-order chi connectivity index (χ0) is 15.2. The van der Waals surface area contributed by atoms with Gasteiger partial charge in [0.1, 0.15) is 31.4 Å². The van der Waals surface area contributed by atoms with Gasteiger partial charge in [-0.2, -0.15) is 0 Å². The molecule has 6 heteroatoms. The standard InChI is InChI=1S/C16H18N4O2/c1-21-15-7-5-13(6-8-15)18-11-22-12-19-16-4-2-3-14-9-17-10-20(14)16/h2-10,18-19H,11-12H2,1H3. The van der Waals surface area contributed by atoms with Crippen molar-refractivity contribution in [2.75, 3.05) is 31.2 Å². The van der Waals surface area contributed by atoms with Gasteiger partial charge in [-0.3, -0.25) is 4.40 Å². The van der Waals surface area contributed by atoms with Crippen LogP contribution in [0.1, 0.15) is 0 Å². The first-order valence-electron chi connectivity index (χ1n) is 6.97. The number of imidazole rings is 1. The van der Waals surface area contributed by atoms with Crippen molar-refractivity contribution in [3.8, 4) is 5.75 Å². The zero-order valence-corrected chi connectivity index (χ0v) is 12.3. The predicted octanol–water partition coefficient (Wildman–Crippen LogP) is 2.80. The highest BCUT2D eigenvalue weighted by atomic mass is 16.5. The molecule has 0 fully saturated rings. The maximum absolute atomic E-state index is 5.54. The quantitative estimate of drug-likeness (QED) is 0.519. The van der Waals surface area contributed by atoms with Crippen molar-refractivity contribution in [1.82, 2.24) is 9.38 Å². The number of ether oxygens (including phenoxy) is 2. The minimum absolute atomic E-state index is 0.403. The first-order chi connectivity index (χ1) is 10.9. The van der Waals surface area contributed by atoms with Crippen LogP contribution in [0.5, 0.6) is 5.75 Å². The van der Waals surface area contributed by atoms with Gasteiger partial charge in [-0.1, -0.05) is 6.07 Å². The molecule has 0 aliphatic carbocycles. The minimum atomic E-state index is 0.403. The van der Waals surface area contributed by atoms with E-state index in [-0.39, 0.29) is 0 Å². The van der Waals surface area contributed by atoms with Crippen LogP contribution in [0.15, 0.2) is 55.0 Å². The van der Waals surface area contributed by atoms with Crippen LogP contribution in [-0.4, -0.2) is 30.0 Å². The molecule has 22 heavy (non-hydrogen) atoms. The van der Waals surface area contributed by atoms with Gasteiger partial charge in [0.15, 0.2) is 0 Å². The highest BCUT2D eigenvalue weighted by Gasteiger charge is 1.99. The summed E-state index contributed by atoms with van der Waals surface area (Å²) in [6.07, 6.45) is 3.59. The topological polar surface area (TPSA) is 59.8 Å². The molecule has 2 N–H and O–H groups in total. The van der Waals surface area contributed by atoms with Crippen molar-refractivity contribution in [2.24, 2.45) is 0 Å². The molecule has 2 aromatic heterocycles. The van der Waals surface area contributed by atoms with Crippen molar-refractivity contribution in [3.05, 3.63) is 55.0 Å². The second-order valence-electron chi connectivity index (χ2n) is 4.67. The average molecular weight is 298 g/mol. The number of hydrogen-bond acceptors (Lipinski definition) is 5. The monoisotopic (exact) mass is 298 g/mol. The van der Waals surface area contributed by atoms with Crippen LogP contribution in [0.2, 0.25) is 0 Å². The van der Waals surface area contributed by atoms with E-state index in [1.807, 2.05) is 53.1 Å². The Kier molecular flexibility index (Phi) is 4.41. The molecule has 0 bridgehead atoms. The van der Waals surface area contributed by atoms with Crippen LogP contribution < -0.4 is 15.4 Å². The van der Waals surface area contributed by atoms with E-state index in [9.17, 15) is 0 Å². The number of rotatable bonds is 7. The first-order valence-corrected chi connectivity index (χ1v) is 6.97. The van der Waals surface area contributed by atoms with E-state index in [0.717, 1.165) is 22.8 Å². The van der Waals surface area contributed by atoms with Crippen LogP contribution in [0.25, 0.3) is 5.52 Å². The average Bonchev–Trinajstić information content (AvgIpc) is 3.04. The molecule has 3 rings (SSSR count). The summed E-state index contributed by atoms with van der Waals surface area (Å²) in [7, 11) is 1.65. The molecule has 1 aromatic carbocycles. The Morgan fingerprint density at radius 1 is 1.05 bits per heavy atom. The molecule has 0 aliphatic rings. The number of hydrogen-bond donors (Lipinski definition) is 2. The largest absolute Gasteiger partial charge is 0.497 e. The Labute approximate surface area is 128 Å². The molecule has 0 saturated carbocycles. The lowest BCUT2D eigenvalue weighted by Gasteiger charge is -2.11. The Hall–Kier alpha value is -2.73. The lowest BCUT2D eigenvalue weighted by Crippen LogP contribution is -2.13. The Bertz CT molecular complexity index is 724. The summed E-state index contributed by atoms with van der Waals surface area (Å²) < 4.78 is 12.6. The summed E-state index contributed by atoms with van der Waals surface area (Å²) >= 11 is 0. The number of anilines is 2. The fourth-order valence-electron chi connectivity index (χ4n) is 2.11. The summed E-state index contributed by atoms with van der Waals surface area (Å²) in [5.74, 6) is 1.78. The number of benzene rings is 1. The number of fused-ring (bicyclic) bond motifs is 1. The fourth-order valence-corrected chi connectivity index (χ4v) is 2.11. The van der Waals surface area contributed by atoms with Crippen LogP contribution in [0.4, 0.5) is 11.5 Å². The van der Waals surface area contributed by atoms with E-state index in [1.54, 1.807) is 13.4 Å². The Balaban J connectivity index is 1.44. The summed E-state index contributed by atoms with van der Waals surface area (Å²) in [5.41, 5.74) is 2.03. The molecule has 6 nitrogen and oxygen atoms in total. The number of nitrogens with zero attached hydrogens (tertiary/aromatic N) is 2. The minimum Gasteiger partial charge on any atom is -0.497 e. The maximum atomic E-state index is 5.54. The second kappa shape index (κ2) is 6.82. The normalized spacial score (nSPS) is 10.6. The SMILES string of the molecule is COc1ccc(NCOCNc2cccc3cncn23)cc1. The summed E-state index contributed by atoms with van der Waals surface area (Å²) in [6, 6.07) is 13.7. The van der Waals surface area contributed by atoms with E-state index in [2.05, 4.69) is 15.6 Å². The molecule has 0 radical (unpaired) electrons. The lowest BCUT2D eigenvalue weighted by atomic mass is 10.3. The first kappa shape index (κ1) is 14.2. The zero-order valence-electron chi connectivity index (χ0n) is 12.3. The molecule has 0 spiro atoms. The third-order valence-corrected chi connectivity index (χ3v) is 3.27. The molecule has 0 amide bonds. The third-order valence-electron chi connectivity index (χ3n) is 3.27. The molecule has 0 atom stereocenters.